The van der Waals surface area contributed by atoms with Crippen LogP contribution >= 0.6 is 11.6 Å². The molecule has 0 saturated carbocycles. The number of aromatic amines is 1. The summed E-state index contributed by atoms with van der Waals surface area (Å²) in [6.45, 7) is 6.67. The van der Waals surface area contributed by atoms with Gasteiger partial charge in [0.25, 0.3) is 5.91 Å². The number of carbonyl (C=O) groups is 2. The van der Waals surface area contributed by atoms with Crippen LogP contribution in [0.15, 0.2) is 84.0 Å². The molecule has 0 bridgehead atoms. The molecule has 5 aromatic rings. The van der Waals surface area contributed by atoms with E-state index in [2.05, 4.69) is 15.5 Å². The summed E-state index contributed by atoms with van der Waals surface area (Å²) in [4.78, 5) is 29.4. The minimum absolute atomic E-state index is 0.171. The van der Waals surface area contributed by atoms with Crippen LogP contribution in [0.2, 0.25) is 5.02 Å². The number of ether oxygens (including phenoxy) is 4. The molecule has 11 heteroatoms. The number of carbonyl (C=O) groups excluding carboxylic acids is 2. The Morgan fingerprint density at radius 2 is 1.54 bits per heavy atom. The van der Waals surface area contributed by atoms with Gasteiger partial charge >= 0.3 is 5.97 Å². The van der Waals surface area contributed by atoms with E-state index in [1.165, 1.54) is 18.3 Å². The maximum absolute atomic E-state index is 14.2. The number of rotatable bonds is 12. The fourth-order valence-electron chi connectivity index (χ4n) is 4.79. The van der Waals surface area contributed by atoms with E-state index in [1.54, 1.807) is 73.7 Å². The van der Waals surface area contributed by atoms with Crippen LogP contribution in [0, 0.1) is 5.82 Å². The van der Waals surface area contributed by atoms with Gasteiger partial charge in [0.05, 0.1) is 31.6 Å². The summed E-state index contributed by atoms with van der Waals surface area (Å²) < 4.78 is 36.7. The van der Waals surface area contributed by atoms with Gasteiger partial charge in [0, 0.05) is 27.1 Å². The zero-order chi connectivity index (χ0) is 32.6. The lowest BCUT2D eigenvalue weighted by molar-refractivity contribution is 0.0727. The van der Waals surface area contributed by atoms with Crippen molar-refractivity contribution in [1.29, 1.82) is 0 Å². The highest BCUT2D eigenvalue weighted by molar-refractivity contribution is 6.34. The number of hydrazone groups is 1. The molecule has 0 spiro atoms. The van der Waals surface area contributed by atoms with E-state index in [-0.39, 0.29) is 17.0 Å². The maximum Gasteiger partial charge on any atom is 0.343 e. The van der Waals surface area contributed by atoms with Crippen LogP contribution in [0.3, 0.4) is 0 Å². The molecule has 0 aliphatic heterocycles. The average molecular weight is 644 g/mol. The fraction of sp³-hybridized carbons (Fsp3) is 0.171. The third-order valence-corrected chi connectivity index (χ3v) is 7.09. The second-order valence-electron chi connectivity index (χ2n) is 9.80. The zero-order valence-electron chi connectivity index (χ0n) is 25.4. The third-order valence-electron chi connectivity index (χ3n) is 6.76. The molecule has 0 radical (unpaired) electrons. The minimum atomic E-state index is -0.605. The number of esters is 1. The molecule has 0 fully saturated rings. The standard InChI is InChI=1S/C35H31ClFN3O6/c1-4-43-28-16-12-22(18-31(28)45-6-3)35(42)46-29-15-11-21(17-30(29)44-5-2)20-38-40-34(41)33-32(24-9-7-8-10-26(24)36)25-19-23(37)13-14-27(25)39-33/h7-20,39H,4-6H2,1-3H3,(H,40,41). The molecular formula is C35H31ClFN3O6. The summed E-state index contributed by atoms with van der Waals surface area (Å²) in [5.74, 6) is -0.124. The first kappa shape index (κ1) is 32.1. The average Bonchev–Trinajstić information content (AvgIpc) is 3.42. The molecular weight excluding hydrogens is 613 g/mol. The number of benzene rings is 4. The highest BCUT2D eigenvalue weighted by Gasteiger charge is 2.21. The van der Waals surface area contributed by atoms with Crippen LogP contribution in [0.4, 0.5) is 4.39 Å². The molecule has 9 nitrogen and oxygen atoms in total. The number of amides is 1. The largest absolute Gasteiger partial charge is 0.490 e. The smallest absolute Gasteiger partial charge is 0.343 e. The Morgan fingerprint density at radius 1 is 0.848 bits per heavy atom. The van der Waals surface area contributed by atoms with Crippen molar-refractivity contribution in [1.82, 2.24) is 10.4 Å². The summed E-state index contributed by atoms with van der Waals surface area (Å²) in [7, 11) is 0. The van der Waals surface area contributed by atoms with Gasteiger partial charge in [-0.1, -0.05) is 29.8 Å². The van der Waals surface area contributed by atoms with Crippen LogP contribution in [0.25, 0.3) is 22.0 Å². The van der Waals surface area contributed by atoms with Crippen molar-refractivity contribution >= 4 is 40.6 Å². The number of fused-ring (bicyclic) bond motifs is 1. The molecule has 1 amide bonds. The first-order chi connectivity index (χ1) is 22.3. The summed E-state index contributed by atoms with van der Waals surface area (Å²) in [5.41, 5.74) is 5.12. The minimum Gasteiger partial charge on any atom is -0.490 e. The van der Waals surface area contributed by atoms with Crippen molar-refractivity contribution in [2.24, 2.45) is 5.10 Å². The number of aromatic nitrogens is 1. The first-order valence-corrected chi connectivity index (χ1v) is 15.0. The van der Waals surface area contributed by atoms with E-state index in [0.717, 1.165) is 0 Å². The summed E-state index contributed by atoms with van der Waals surface area (Å²) in [6.07, 6.45) is 1.42. The number of nitrogens with zero attached hydrogens (tertiary/aromatic N) is 1. The second-order valence-corrected chi connectivity index (χ2v) is 10.2. The molecule has 2 N–H and O–H groups in total. The third kappa shape index (κ3) is 7.13. The van der Waals surface area contributed by atoms with Crippen molar-refractivity contribution in [2.75, 3.05) is 19.8 Å². The Bertz CT molecular complexity index is 1920. The molecule has 1 heterocycles. The zero-order valence-corrected chi connectivity index (χ0v) is 26.1. The second kappa shape index (κ2) is 14.6. The summed E-state index contributed by atoms with van der Waals surface area (Å²) >= 11 is 6.45. The quantitative estimate of drug-likeness (QED) is 0.0621. The lowest BCUT2D eigenvalue weighted by Crippen LogP contribution is -2.19. The van der Waals surface area contributed by atoms with Crippen molar-refractivity contribution in [3.63, 3.8) is 0 Å². The van der Waals surface area contributed by atoms with Gasteiger partial charge < -0.3 is 23.9 Å². The lowest BCUT2D eigenvalue weighted by atomic mass is 10.0. The molecule has 1 aromatic heterocycles. The topological polar surface area (TPSA) is 111 Å². The monoisotopic (exact) mass is 643 g/mol. The van der Waals surface area contributed by atoms with E-state index in [9.17, 15) is 14.0 Å². The molecule has 5 rings (SSSR count). The molecule has 0 aliphatic carbocycles. The highest BCUT2D eigenvalue weighted by atomic mass is 35.5. The van der Waals surface area contributed by atoms with Crippen LogP contribution < -0.4 is 24.4 Å². The molecule has 0 unspecified atom stereocenters. The fourth-order valence-corrected chi connectivity index (χ4v) is 5.02. The molecule has 0 atom stereocenters. The normalized spacial score (nSPS) is 11.1. The van der Waals surface area contributed by atoms with Gasteiger partial charge in [0.1, 0.15) is 11.5 Å². The van der Waals surface area contributed by atoms with Gasteiger partial charge in [0.15, 0.2) is 23.0 Å². The summed E-state index contributed by atoms with van der Waals surface area (Å²) in [6, 6.07) is 20.9. The van der Waals surface area contributed by atoms with E-state index >= 15 is 0 Å². The van der Waals surface area contributed by atoms with Gasteiger partial charge in [-0.2, -0.15) is 5.10 Å². The Balaban J connectivity index is 1.35. The first-order valence-electron chi connectivity index (χ1n) is 14.6. The van der Waals surface area contributed by atoms with E-state index in [4.69, 9.17) is 30.5 Å². The van der Waals surface area contributed by atoms with Crippen LogP contribution in [-0.2, 0) is 0 Å². The van der Waals surface area contributed by atoms with E-state index in [1.807, 2.05) is 13.8 Å². The predicted molar refractivity (Wildman–Crippen MR) is 175 cm³/mol. The van der Waals surface area contributed by atoms with Crippen LogP contribution in [0.5, 0.6) is 23.0 Å². The molecule has 0 aliphatic rings. The highest BCUT2D eigenvalue weighted by Crippen LogP contribution is 2.37. The van der Waals surface area contributed by atoms with E-state index in [0.29, 0.717) is 69.7 Å². The van der Waals surface area contributed by atoms with Crippen molar-refractivity contribution in [2.45, 2.75) is 20.8 Å². The number of hydrogen-bond donors (Lipinski definition) is 2. The van der Waals surface area contributed by atoms with Crippen LogP contribution in [-0.4, -0.2) is 42.9 Å². The predicted octanol–water partition coefficient (Wildman–Crippen LogP) is 7.81. The van der Waals surface area contributed by atoms with Gasteiger partial charge in [-0.3, -0.25) is 4.79 Å². The molecule has 46 heavy (non-hydrogen) atoms. The van der Waals surface area contributed by atoms with Gasteiger partial charge in [0.2, 0.25) is 0 Å². The number of H-pyrrole nitrogens is 1. The van der Waals surface area contributed by atoms with Gasteiger partial charge in [-0.05, 0) is 87.0 Å². The van der Waals surface area contributed by atoms with Gasteiger partial charge in [-0.15, -0.1) is 0 Å². The van der Waals surface area contributed by atoms with E-state index < -0.39 is 17.7 Å². The molecule has 236 valence electrons. The Morgan fingerprint density at radius 3 is 2.28 bits per heavy atom. The Hall–Kier alpha value is -5.35. The Labute approximate surface area is 269 Å². The maximum atomic E-state index is 14.2. The molecule has 4 aromatic carbocycles. The van der Waals surface area contributed by atoms with Crippen LogP contribution in [0.1, 0.15) is 47.2 Å². The molecule has 0 saturated heterocycles. The number of hydrogen-bond acceptors (Lipinski definition) is 7. The van der Waals surface area contributed by atoms with Crippen molar-refractivity contribution in [3.05, 3.63) is 107 Å². The SMILES string of the molecule is CCOc1ccc(C(=O)Oc2ccc(C=NNC(=O)c3[nH]c4ccc(F)cc4c3-c3ccccc3Cl)cc2OCC)cc1OCC. The lowest BCUT2D eigenvalue weighted by Gasteiger charge is -2.13. The Kier molecular flexibility index (Phi) is 10.2. The van der Waals surface area contributed by atoms with Crippen molar-refractivity contribution in [3.8, 4) is 34.1 Å². The summed E-state index contributed by atoms with van der Waals surface area (Å²) in [5, 5.41) is 5.03. The number of nitrogens with one attached hydrogen (secondary N) is 2. The van der Waals surface area contributed by atoms with Gasteiger partial charge in [-0.25, -0.2) is 14.6 Å². The number of halogens is 2. The van der Waals surface area contributed by atoms with Crippen molar-refractivity contribution < 1.29 is 32.9 Å².